The summed E-state index contributed by atoms with van der Waals surface area (Å²) in [6.45, 7) is 5.04. The third-order valence-electron chi connectivity index (χ3n) is 2.42. The molecule has 0 radical (unpaired) electrons. The summed E-state index contributed by atoms with van der Waals surface area (Å²) in [7, 11) is 2.55. The molecule has 7 nitrogen and oxygen atoms in total. The first-order valence-electron chi connectivity index (χ1n) is 7.44. The van der Waals surface area contributed by atoms with Crippen molar-refractivity contribution in [2.45, 2.75) is 52.4 Å². The third-order valence-corrected chi connectivity index (χ3v) is 2.42. The van der Waals surface area contributed by atoms with E-state index < -0.39 is 18.1 Å². The van der Waals surface area contributed by atoms with Crippen LogP contribution in [0.5, 0.6) is 0 Å². The van der Waals surface area contributed by atoms with Crippen molar-refractivity contribution >= 4 is 18.1 Å². The second kappa shape index (κ2) is 17.3. The first-order chi connectivity index (χ1) is 10.5. The molecule has 0 heterocycles. The minimum atomic E-state index is -0.531. The number of methoxy groups -OCH3 is 2. The van der Waals surface area contributed by atoms with E-state index in [0.29, 0.717) is 13.2 Å². The Bertz CT molecular complexity index is 274. The predicted octanol–water partition coefficient (Wildman–Crippen LogP) is 2.85. The van der Waals surface area contributed by atoms with E-state index in [9.17, 15) is 14.4 Å². The Morgan fingerprint density at radius 2 is 1.09 bits per heavy atom. The largest absolute Gasteiger partial charge is 0.508 e. The molecule has 0 atom stereocenters. The second-order valence-corrected chi connectivity index (χ2v) is 4.31. The summed E-state index contributed by atoms with van der Waals surface area (Å²) in [5.41, 5.74) is 0. The van der Waals surface area contributed by atoms with Crippen LogP contribution in [0.25, 0.3) is 0 Å². The molecule has 0 aromatic carbocycles. The lowest BCUT2D eigenvalue weighted by molar-refractivity contribution is -0.147. The Hall–Kier alpha value is -1.79. The maximum atomic E-state index is 10.7. The van der Waals surface area contributed by atoms with Gasteiger partial charge in [0.1, 0.15) is 0 Å². The van der Waals surface area contributed by atoms with Crippen molar-refractivity contribution in [3.8, 4) is 0 Å². The molecule has 0 saturated carbocycles. The Morgan fingerprint density at radius 1 is 0.727 bits per heavy atom. The standard InChI is InChI=1S/C9H18O3.C6H10O4/c1-3-5-7-11-9(10)12-8-6-4-2;1-9-5(7)3-4-6(8)10-2/h3-8H2,1-2H3;3-4H2,1-2H3. The van der Waals surface area contributed by atoms with Gasteiger partial charge in [0.15, 0.2) is 0 Å². The third kappa shape index (κ3) is 18.2. The lowest BCUT2D eigenvalue weighted by atomic mass is 10.3. The maximum absolute atomic E-state index is 10.7. The molecule has 0 fully saturated rings. The molecule has 130 valence electrons. The summed E-state index contributed by atoms with van der Waals surface area (Å²) in [6.07, 6.45) is 3.51. The topological polar surface area (TPSA) is 88.1 Å². The summed E-state index contributed by atoms with van der Waals surface area (Å²) in [4.78, 5) is 31.6. The average Bonchev–Trinajstić information content (AvgIpc) is 2.53. The van der Waals surface area contributed by atoms with E-state index in [0.717, 1.165) is 25.7 Å². The summed E-state index contributed by atoms with van der Waals surface area (Å²) >= 11 is 0. The first-order valence-corrected chi connectivity index (χ1v) is 7.44. The molecule has 0 rings (SSSR count). The molecule has 0 aliphatic carbocycles. The number of rotatable bonds is 9. The van der Waals surface area contributed by atoms with Crippen molar-refractivity contribution in [3.63, 3.8) is 0 Å². The number of hydrogen-bond acceptors (Lipinski definition) is 7. The molecule has 0 spiro atoms. The maximum Gasteiger partial charge on any atom is 0.508 e. The van der Waals surface area contributed by atoms with Crippen LogP contribution in [0.3, 0.4) is 0 Å². The fourth-order valence-corrected chi connectivity index (χ4v) is 1.05. The highest BCUT2D eigenvalue weighted by Crippen LogP contribution is 1.94. The summed E-state index contributed by atoms with van der Waals surface area (Å²) in [5, 5.41) is 0. The molecule has 0 bridgehead atoms. The second-order valence-electron chi connectivity index (χ2n) is 4.31. The van der Waals surface area contributed by atoms with Gasteiger partial charge in [-0.25, -0.2) is 4.79 Å². The van der Waals surface area contributed by atoms with Crippen molar-refractivity contribution in [1.82, 2.24) is 0 Å². The number of unbranched alkanes of at least 4 members (excludes halogenated alkanes) is 2. The summed E-state index contributed by atoms with van der Waals surface area (Å²) in [6, 6.07) is 0. The molecule has 0 unspecified atom stereocenters. The Kier molecular flexibility index (Phi) is 17.6. The van der Waals surface area contributed by atoms with Crippen LogP contribution in [0.15, 0.2) is 0 Å². The molecular weight excluding hydrogens is 292 g/mol. The van der Waals surface area contributed by atoms with Gasteiger partial charge in [-0.2, -0.15) is 0 Å². The van der Waals surface area contributed by atoms with Gasteiger partial charge in [0.2, 0.25) is 0 Å². The van der Waals surface area contributed by atoms with Crippen LogP contribution in [-0.4, -0.2) is 45.5 Å². The first kappa shape index (κ1) is 22.5. The highest BCUT2D eigenvalue weighted by atomic mass is 16.7. The van der Waals surface area contributed by atoms with Gasteiger partial charge in [0.05, 0.1) is 40.3 Å². The van der Waals surface area contributed by atoms with Crippen LogP contribution in [-0.2, 0) is 28.5 Å². The Labute approximate surface area is 132 Å². The van der Waals surface area contributed by atoms with E-state index in [1.54, 1.807) is 0 Å². The van der Waals surface area contributed by atoms with Gasteiger partial charge in [0, 0.05) is 0 Å². The average molecular weight is 320 g/mol. The van der Waals surface area contributed by atoms with Crippen LogP contribution in [0, 0.1) is 0 Å². The predicted molar refractivity (Wildman–Crippen MR) is 80.4 cm³/mol. The zero-order valence-corrected chi connectivity index (χ0v) is 14.0. The Balaban J connectivity index is 0. The van der Waals surface area contributed by atoms with E-state index in [1.165, 1.54) is 14.2 Å². The van der Waals surface area contributed by atoms with Crippen molar-refractivity contribution in [1.29, 1.82) is 0 Å². The van der Waals surface area contributed by atoms with Gasteiger partial charge in [-0.15, -0.1) is 0 Å². The fourth-order valence-electron chi connectivity index (χ4n) is 1.05. The van der Waals surface area contributed by atoms with Crippen molar-refractivity contribution in [2.75, 3.05) is 27.4 Å². The summed E-state index contributed by atoms with van der Waals surface area (Å²) < 4.78 is 18.1. The van der Waals surface area contributed by atoms with Gasteiger partial charge >= 0.3 is 18.1 Å². The van der Waals surface area contributed by atoms with Crippen molar-refractivity contribution in [3.05, 3.63) is 0 Å². The number of ether oxygens (including phenoxy) is 4. The fraction of sp³-hybridized carbons (Fsp3) is 0.800. The van der Waals surface area contributed by atoms with Crippen LogP contribution in [0.1, 0.15) is 52.4 Å². The van der Waals surface area contributed by atoms with Crippen LogP contribution < -0.4 is 0 Å². The lowest BCUT2D eigenvalue weighted by Crippen LogP contribution is -2.09. The van der Waals surface area contributed by atoms with Gasteiger partial charge in [-0.05, 0) is 12.8 Å². The van der Waals surface area contributed by atoms with E-state index in [1.807, 2.05) is 13.8 Å². The smallest absolute Gasteiger partial charge is 0.469 e. The molecular formula is C15H28O7. The molecule has 0 N–H and O–H groups in total. The van der Waals surface area contributed by atoms with Crippen LogP contribution in [0.2, 0.25) is 0 Å². The highest BCUT2D eigenvalue weighted by molar-refractivity contribution is 5.77. The molecule has 0 aliphatic heterocycles. The van der Waals surface area contributed by atoms with Gasteiger partial charge in [-0.3, -0.25) is 9.59 Å². The molecule has 7 heteroatoms. The van der Waals surface area contributed by atoms with E-state index >= 15 is 0 Å². The number of hydrogen-bond donors (Lipinski definition) is 0. The molecule has 0 saturated heterocycles. The number of carbonyl (C=O) groups excluding carboxylic acids is 3. The van der Waals surface area contributed by atoms with Crippen molar-refractivity contribution < 1.29 is 33.3 Å². The van der Waals surface area contributed by atoms with E-state index in [2.05, 4.69) is 9.47 Å². The minimum Gasteiger partial charge on any atom is -0.469 e. The zero-order valence-electron chi connectivity index (χ0n) is 14.0. The molecule has 22 heavy (non-hydrogen) atoms. The summed E-state index contributed by atoms with van der Waals surface area (Å²) in [5.74, 6) is -0.796. The Morgan fingerprint density at radius 3 is 1.36 bits per heavy atom. The quantitative estimate of drug-likeness (QED) is 0.366. The molecule has 0 aromatic heterocycles. The van der Waals surface area contributed by atoms with E-state index in [4.69, 9.17) is 9.47 Å². The van der Waals surface area contributed by atoms with Gasteiger partial charge in [0.25, 0.3) is 0 Å². The lowest BCUT2D eigenvalue weighted by Gasteiger charge is -2.04. The van der Waals surface area contributed by atoms with Crippen LogP contribution in [0.4, 0.5) is 4.79 Å². The van der Waals surface area contributed by atoms with E-state index in [-0.39, 0.29) is 12.8 Å². The monoisotopic (exact) mass is 320 g/mol. The number of carbonyl (C=O) groups is 3. The van der Waals surface area contributed by atoms with Crippen molar-refractivity contribution in [2.24, 2.45) is 0 Å². The SMILES string of the molecule is CCCCOC(=O)OCCCC.COC(=O)CCC(=O)OC. The normalized spacial score (nSPS) is 9.09. The highest BCUT2D eigenvalue weighted by Gasteiger charge is 2.05. The minimum absolute atomic E-state index is 0.0865. The number of esters is 2. The molecule has 0 amide bonds. The van der Waals surface area contributed by atoms with Crippen LogP contribution >= 0.6 is 0 Å². The molecule has 0 aromatic rings. The molecule has 0 aliphatic rings. The van der Waals surface area contributed by atoms with Gasteiger partial charge < -0.3 is 18.9 Å². The zero-order chi connectivity index (χ0) is 17.2. The van der Waals surface area contributed by atoms with Gasteiger partial charge in [-0.1, -0.05) is 26.7 Å².